The largest absolute Gasteiger partial charge is 0.497 e. The highest BCUT2D eigenvalue weighted by Gasteiger charge is 2.25. The summed E-state index contributed by atoms with van der Waals surface area (Å²) in [6.07, 6.45) is 0. The number of piperazine rings is 1. The van der Waals surface area contributed by atoms with Gasteiger partial charge in [0.05, 0.1) is 13.2 Å². The van der Waals surface area contributed by atoms with Crippen LogP contribution in [0.5, 0.6) is 5.75 Å². The van der Waals surface area contributed by atoms with Crippen LogP contribution in [0.15, 0.2) is 48.5 Å². The number of ketones is 1. The van der Waals surface area contributed by atoms with E-state index in [-0.39, 0.29) is 17.7 Å². The molecule has 1 aliphatic rings. The summed E-state index contributed by atoms with van der Waals surface area (Å²) in [6, 6.07) is 15.0. The first-order valence-electron chi connectivity index (χ1n) is 9.97. The second-order valence-corrected chi connectivity index (χ2v) is 7.46. The lowest BCUT2D eigenvalue weighted by Crippen LogP contribution is -2.52. The molecule has 1 heterocycles. The molecule has 0 saturated carbocycles. The summed E-state index contributed by atoms with van der Waals surface area (Å²) in [6.45, 7) is 7.94. The number of hydrogen-bond donors (Lipinski definition) is 1. The topological polar surface area (TPSA) is 61.9 Å². The zero-order chi connectivity index (χ0) is 20.8. The van der Waals surface area contributed by atoms with E-state index in [2.05, 4.69) is 27.2 Å². The Bertz CT molecular complexity index is 825. The molecule has 1 fully saturated rings. The van der Waals surface area contributed by atoms with Gasteiger partial charge in [-0.1, -0.05) is 12.1 Å². The average molecular weight is 396 g/mol. The molecular formula is C23H29N3O3. The van der Waals surface area contributed by atoms with Crippen molar-refractivity contribution in [3.8, 4) is 5.75 Å². The lowest BCUT2D eigenvalue weighted by molar-refractivity contribution is -0.121. The van der Waals surface area contributed by atoms with Gasteiger partial charge in [0.15, 0.2) is 5.78 Å². The Balaban J connectivity index is 1.47. The van der Waals surface area contributed by atoms with E-state index >= 15 is 0 Å². The van der Waals surface area contributed by atoms with Crippen molar-refractivity contribution < 1.29 is 14.3 Å². The lowest BCUT2D eigenvalue weighted by Gasteiger charge is -2.37. The van der Waals surface area contributed by atoms with E-state index in [1.54, 1.807) is 31.4 Å². The van der Waals surface area contributed by atoms with Gasteiger partial charge in [-0.05, 0) is 55.8 Å². The molecule has 29 heavy (non-hydrogen) atoms. The van der Waals surface area contributed by atoms with Gasteiger partial charge in [-0.3, -0.25) is 19.4 Å². The molecule has 6 heteroatoms. The first-order chi connectivity index (χ1) is 14.0. The third-order valence-electron chi connectivity index (χ3n) is 5.46. The molecule has 0 spiro atoms. The number of nitrogens with one attached hydrogen (secondary N) is 1. The summed E-state index contributed by atoms with van der Waals surface area (Å²) in [7, 11) is 1.67. The van der Waals surface area contributed by atoms with E-state index in [9.17, 15) is 9.59 Å². The fourth-order valence-electron chi connectivity index (χ4n) is 3.50. The second kappa shape index (κ2) is 9.67. The molecule has 1 atom stereocenters. The van der Waals surface area contributed by atoms with Crippen molar-refractivity contribution in [3.63, 3.8) is 0 Å². The van der Waals surface area contributed by atoms with E-state index in [0.717, 1.165) is 38.5 Å². The first-order valence-corrected chi connectivity index (χ1v) is 9.97. The molecule has 154 valence electrons. The first kappa shape index (κ1) is 21.0. The molecule has 0 bridgehead atoms. The molecule has 2 aromatic carbocycles. The normalized spacial score (nSPS) is 16.2. The maximum Gasteiger partial charge on any atom is 0.241 e. The third-order valence-corrected chi connectivity index (χ3v) is 5.46. The molecule has 0 radical (unpaired) electrons. The Kier molecular flexibility index (Phi) is 7.01. The minimum atomic E-state index is -0.203. The number of benzene rings is 2. The fraction of sp³-hybridized carbons (Fsp3) is 0.391. The number of ether oxygens (including phenoxy) is 1. The smallest absolute Gasteiger partial charge is 0.241 e. The molecule has 1 amide bonds. The Hall–Kier alpha value is -2.70. The number of Topliss-reactive ketones (excluding diaryl/α,β-unsaturated/α-hetero) is 1. The van der Waals surface area contributed by atoms with Crippen LogP contribution in [0.4, 0.5) is 5.69 Å². The number of carbonyl (C=O) groups is 2. The standard InChI is InChI=1S/C23H29N3O3/c1-17(23(28)24-21-8-6-20(7-9-21)18(2)27)26-14-12-25(13-15-26)16-19-4-10-22(29-3)11-5-19/h4-11,17H,12-16H2,1-3H3,(H,24,28)/t17-/m0/s1. The van der Waals surface area contributed by atoms with Gasteiger partial charge < -0.3 is 10.1 Å². The molecular weight excluding hydrogens is 366 g/mol. The van der Waals surface area contributed by atoms with Gasteiger partial charge in [-0.2, -0.15) is 0 Å². The fourth-order valence-corrected chi connectivity index (χ4v) is 3.50. The van der Waals surface area contributed by atoms with E-state index in [4.69, 9.17) is 4.74 Å². The van der Waals surface area contributed by atoms with Crippen molar-refractivity contribution in [3.05, 3.63) is 59.7 Å². The zero-order valence-electron chi connectivity index (χ0n) is 17.4. The number of methoxy groups -OCH3 is 1. The molecule has 0 unspecified atom stereocenters. The second-order valence-electron chi connectivity index (χ2n) is 7.46. The zero-order valence-corrected chi connectivity index (χ0v) is 17.4. The van der Waals surface area contributed by atoms with Crippen LogP contribution in [0.3, 0.4) is 0 Å². The summed E-state index contributed by atoms with van der Waals surface area (Å²) in [4.78, 5) is 28.6. The summed E-state index contributed by atoms with van der Waals surface area (Å²) < 4.78 is 5.21. The number of anilines is 1. The van der Waals surface area contributed by atoms with E-state index < -0.39 is 0 Å². The maximum atomic E-state index is 12.6. The Morgan fingerprint density at radius 2 is 1.62 bits per heavy atom. The molecule has 3 rings (SSSR count). The van der Waals surface area contributed by atoms with Crippen LogP contribution in [0.2, 0.25) is 0 Å². The van der Waals surface area contributed by atoms with Crippen molar-refractivity contribution in [2.45, 2.75) is 26.4 Å². The van der Waals surface area contributed by atoms with Crippen LogP contribution in [0, 0.1) is 0 Å². The number of carbonyl (C=O) groups excluding carboxylic acids is 2. The van der Waals surface area contributed by atoms with Crippen LogP contribution >= 0.6 is 0 Å². The average Bonchev–Trinajstić information content (AvgIpc) is 2.74. The Morgan fingerprint density at radius 1 is 1.00 bits per heavy atom. The molecule has 6 nitrogen and oxygen atoms in total. The van der Waals surface area contributed by atoms with Crippen LogP contribution in [0.1, 0.15) is 29.8 Å². The van der Waals surface area contributed by atoms with E-state index in [1.807, 2.05) is 19.1 Å². The van der Waals surface area contributed by atoms with Gasteiger partial charge in [0.1, 0.15) is 5.75 Å². The maximum absolute atomic E-state index is 12.6. The molecule has 1 N–H and O–H groups in total. The molecule has 1 aliphatic heterocycles. The van der Waals surface area contributed by atoms with Gasteiger partial charge in [0.2, 0.25) is 5.91 Å². The SMILES string of the molecule is COc1ccc(CN2CCN([C@@H](C)C(=O)Nc3ccc(C(C)=O)cc3)CC2)cc1. The van der Waals surface area contributed by atoms with Crippen LogP contribution in [-0.2, 0) is 11.3 Å². The van der Waals surface area contributed by atoms with Crippen molar-refractivity contribution in [1.29, 1.82) is 0 Å². The van der Waals surface area contributed by atoms with Gasteiger partial charge >= 0.3 is 0 Å². The number of amides is 1. The summed E-state index contributed by atoms with van der Waals surface area (Å²) in [5.41, 5.74) is 2.62. The molecule has 0 aromatic heterocycles. The summed E-state index contributed by atoms with van der Waals surface area (Å²) in [5, 5.41) is 2.95. The Morgan fingerprint density at radius 3 is 2.17 bits per heavy atom. The van der Waals surface area contributed by atoms with Crippen LogP contribution < -0.4 is 10.1 Å². The highest BCUT2D eigenvalue weighted by atomic mass is 16.5. The van der Waals surface area contributed by atoms with Crippen molar-refractivity contribution >= 4 is 17.4 Å². The van der Waals surface area contributed by atoms with E-state index in [0.29, 0.717) is 11.3 Å². The van der Waals surface area contributed by atoms with Crippen molar-refractivity contribution in [2.24, 2.45) is 0 Å². The predicted octanol–water partition coefficient (Wildman–Crippen LogP) is 3.04. The van der Waals surface area contributed by atoms with Crippen molar-refractivity contribution in [1.82, 2.24) is 9.80 Å². The molecule has 0 aliphatic carbocycles. The van der Waals surface area contributed by atoms with E-state index in [1.165, 1.54) is 12.5 Å². The Labute approximate surface area is 172 Å². The van der Waals surface area contributed by atoms with Gasteiger partial charge in [0, 0.05) is 44.0 Å². The minimum absolute atomic E-state index is 0.0174. The molecule has 2 aromatic rings. The minimum Gasteiger partial charge on any atom is -0.497 e. The highest BCUT2D eigenvalue weighted by Crippen LogP contribution is 2.16. The van der Waals surface area contributed by atoms with Crippen LogP contribution in [0.25, 0.3) is 0 Å². The quantitative estimate of drug-likeness (QED) is 0.730. The monoisotopic (exact) mass is 395 g/mol. The summed E-state index contributed by atoms with van der Waals surface area (Å²) >= 11 is 0. The van der Waals surface area contributed by atoms with Crippen molar-refractivity contribution in [2.75, 3.05) is 38.6 Å². The van der Waals surface area contributed by atoms with Crippen LogP contribution in [-0.4, -0.2) is 60.8 Å². The van der Waals surface area contributed by atoms with Gasteiger partial charge in [-0.15, -0.1) is 0 Å². The van der Waals surface area contributed by atoms with Gasteiger partial charge in [-0.25, -0.2) is 0 Å². The lowest BCUT2D eigenvalue weighted by atomic mass is 10.1. The number of rotatable bonds is 7. The summed E-state index contributed by atoms with van der Waals surface area (Å²) in [5.74, 6) is 0.863. The highest BCUT2D eigenvalue weighted by molar-refractivity contribution is 5.96. The number of nitrogens with zero attached hydrogens (tertiary/aromatic N) is 2. The third kappa shape index (κ3) is 5.65. The predicted molar refractivity (Wildman–Crippen MR) is 114 cm³/mol. The van der Waals surface area contributed by atoms with Gasteiger partial charge in [0.25, 0.3) is 0 Å². The molecule has 1 saturated heterocycles. The number of hydrogen-bond acceptors (Lipinski definition) is 5.